The van der Waals surface area contributed by atoms with Crippen molar-refractivity contribution in [1.82, 2.24) is 5.32 Å². The van der Waals surface area contributed by atoms with Gasteiger partial charge >= 0.3 is 12.1 Å². The van der Waals surface area contributed by atoms with Crippen molar-refractivity contribution in [1.29, 1.82) is 0 Å². The number of hydrogen-bond acceptors (Lipinski definition) is 4. The molecular formula is C25H21ClN2O5. The van der Waals surface area contributed by atoms with Crippen LogP contribution in [-0.4, -0.2) is 35.7 Å². The maximum absolute atomic E-state index is 12.5. The van der Waals surface area contributed by atoms with Crippen molar-refractivity contribution in [2.24, 2.45) is 0 Å². The second-order valence-corrected chi connectivity index (χ2v) is 8.09. The Morgan fingerprint density at radius 2 is 1.61 bits per heavy atom. The molecule has 4 rings (SSSR count). The lowest BCUT2D eigenvalue weighted by molar-refractivity contribution is -0.138. The van der Waals surface area contributed by atoms with Crippen molar-refractivity contribution >= 4 is 35.3 Å². The van der Waals surface area contributed by atoms with Crippen LogP contribution in [0.2, 0.25) is 5.02 Å². The molecule has 3 aromatic rings. The van der Waals surface area contributed by atoms with E-state index in [1.54, 1.807) is 0 Å². The van der Waals surface area contributed by atoms with E-state index >= 15 is 0 Å². The molecule has 8 heteroatoms. The van der Waals surface area contributed by atoms with Gasteiger partial charge in [-0.1, -0.05) is 60.1 Å². The van der Waals surface area contributed by atoms with E-state index in [-0.39, 0.29) is 28.8 Å². The van der Waals surface area contributed by atoms with Gasteiger partial charge in [-0.3, -0.25) is 14.9 Å². The molecule has 0 radical (unpaired) electrons. The van der Waals surface area contributed by atoms with E-state index < -0.39 is 24.0 Å². The summed E-state index contributed by atoms with van der Waals surface area (Å²) in [7, 11) is 0. The second-order valence-electron chi connectivity index (χ2n) is 7.68. The molecule has 1 aliphatic rings. The minimum absolute atomic E-state index is 0.0896. The number of anilines is 1. The number of halogens is 1. The van der Waals surface area contributed by atoms with Crippen LogP contribution in [0.15, 0.2) is 66.7 Å². The predicted octanol–water partition coefficient (Wildman–Crippen LogP) is 4.90. The third-order valence-corrected chi connectivity index (χ3v) is 5.86. The van der Waals surface area contributed by atoms with Crippen LogP contribution in [0.4, 0.5) is 10.5 Å². The van der Waals surface area contributed by atoms with Crippen LogP contribution < -0.4 is 10.6 Å². The molecule has 0 aliphatic heterocycles. The summed E-state index contributed by atoms with van der Waals surface area (Å²) >= 11 is 6.17. The van der Waals surface area contributed by atoms with Crippen LogP contribution in [0.3, 0.4) is 0 Å². The summed E-state index contributed by atoms with van der Waals surface area (Å²) < 4.78 is 5.51. The normalized spacial score (nSPS) is 12.9. The number of amides is 2. The Morgan fingerprint density at radius 1 is 1.00 bits per heavy atom. The van der Waals surface area contributed by atoms with E-state index in [0.29, 0.717) is 0 Å². The van der Waals surface area contributed by atoms with Crippen LogP contribution in [0, 0.1) is 0 Å². The monoisotopic (exact) mass is 464 g/mol. The van der Waals surface area contributed by atoms with Crippen molar-refractivity contribution < 1.29 is 24.2 Å². The number of fused-ring (bicyclic) bond motifs is 3. The fourth-order valence-electron chi connectivity index (χ4n) is 3.85. The molecule has 3 aromatic carbocycles. The van der Waals surface area contributed by atoms with Gasteiger partial charge in [-0.05, 0) is 47.4 Å². The first kappa shape index (κ1) is 22.4. The van der Waals surface area contributed by atoms with Gasteiger partial charge in [0.15, 0.2) is 0 Å². The molecule has 2 amide bonds. The van der Waals surface area contributed by atoms with Crippen molar-refractivity contribution in [3.63, 3.8) is 0 Å². The molecule has 33 heavy (non-hydrogen) atoms. The molecule has 168 valence electrons. The van der Waals surface area contributed by atoms with Crippen LogP contribution in [0.5, 0.6) is 0 Å². The highest BCUT2D eigenvalue weighted by atomic mass is 35.5. The van der Waals surface area contributed by atoms with E-state index in [2.05, 4.69) is 22.8 Å². The number of rotatable bonds is 6. The number of carbonyl (C=O) groups is 3. The molecule has 3 N–H and O–H groups in total. The van der Waals surface area contributed by atoms with Gasteiger partial charge in [0, 0.05) is 11.5 Å². The number of nitrogens with one attached hydrogen (secondary N) is 2. The van der Waals surface area contributed by atoms with Gasteiger partial charge < -0.3 is 15.2 Å². The zero-order valence-electron chi connectivity index (χ0n) is 17.7. The van der Waals surface area contributed by atoms with E-state index in [1.165, 1.54) is 25.1 Å². The van der Waals surface area contributed by atoms with E-state index in [1.807, 2.05) is 36.4 Å². The van der Waals surface area contributed by atoms with Crippen molar-refractivity contribution in [2.75, 3.05) is 11.9 Å². The van der Waals surface area contributed by atoms with E-state index in [0.717, 1.165) is 22.3 Å². The Bertz CT molecular complexity index is 1200. The molecule has 0 bridgehead atoms. The summed E-state index contributed by atoms with van der Waals surface area (Å²) in [6.07, 6.45) is -0.713. The molecule has 0 heterocycles. The Kier molecular flexibility index (Phi) is 6.33. The smallest absolute Gasteiger partial charge is 0.411 e. The summed E-state index contributed by atoms with van der Waals surface area (Å²) in [6, 6.07) is 19.2. The second kappa shape index (κ2) is 9.34. The number of benzene rings is 3. The molecule has 0 saturated heterocycles. The van der Waals surface area contributed by atoms with E-state index in [9.17, 15) is 14.4 Å². The average Bonchev–Trinajstić information content (AvgIpc) is 3.12. The predicted molar refractivity (Wildman–Crippen MR) is 125 cm³/mol. The molecule has 0 unspecified atom stereocenters. The molecule has 0 spiro atoms. The quantitative estimate of drug-likeness (QED) is 0.481. The number of aliphatic carboxylic acids is 1. The van der Waals surface area contributed by atoms with Gasteiger partial charge in [0.05, 0.1) is 10.7 Å². The number of ether oxygens (including phenoxy) is 1. The average molecular weight is 465 g/mol. The standard InChI is InChI=1S/C25H21ClN2O5/c1-14(24(30)31)27-23(29)15-10-11-21(26)22(12-15)28-25(32)33-13-20-18-8-4-2-6-16(18)17-7-3-5-9-19(17)20/h2-12,14,20H,13H2,1H3,(H,27,29)(H,28,32)(H,30,31)/t14-/m0/s1. The topological polar surface area (TPSA) is 105 Å². The Morgan fingerprint density at radius 3 is 2.21 bits per heavy atom. The molecule has 0 saturated carbocycles. The third-order valence-electron chi connectivity index (χ3n) is 5.53. The highest BCUT2D eigenvalue weighted by molar-refractivity contribution is 6.33. The minimum Gasteiger partial charge on any atom is -0.480 e. The number of carboxylic acids is 1. The SMILES string of the molecule is C[C@H](NC(=O)c1ccc(Cl)c(NC(=O)OCC2c3ccccc3-c3ccccc32)c1)C(=O)O. The first-order chi connectivity index (χ1) is 15.8. The van der Waals surface area contributed by atoms with E-state index in [4.69, 9.17) is 21.4 Å². The molecular weight excluding hydrogens is 444 g/mol. The fraction of sp³-hybridized carbons (Fsp3) is 0.160. The zero-order valence-corrected chi connectivity index (χ0v) is 18.4. The summed E-state index contributed by atoms with van der Waals surface area (Å²) in [5.41, 5.74) is 4.77. The van der Waals surface area contributed by atoms with Crippen LogP contribution in [0.1, 0.15) is 34.3 Å². The zero-order chi connectivity index (χ0) is 23.5. The molecule has 1 aliphatic carbocycles. The maximum Gasteiger partial charge on any atom is 0.411 e. The van der Waals surface area contributed by atoms with Gasteiger partial charge in [0.1, 0.15) is 12.6 Å². The lowest BCUT2D eigenvalue weighted by atomic mass is 9.98. The number of carbonyl (C=O) groups excluding carboxylic acids is 2. The van der Waals surface area contributed by atoms with Crippen LogP contribution in [-0.2, 0) is 9.53 Å². The van der Waals surface area contributed by atoms with Crippen molar-refractivity contribution in [3.05, 3.63) is 88.4 Å². The molecule has 1 atom stereocenters. The Hall–Kier alpha value is -3.84. The van der Waals surface area contributed by atoms with Gasteiger partial charge in [-0.15, -0.1) is 0 Å². The van der Waals surface area contributed by atoms with Gasteiger partial charge in [-0.25, -0.2) is 4.79 Å². The fourth-order valence-corrected chi connectivity index (χ4v) is 4.01. The van der Waals surface area contributed by atoms with Gasteiger partial charge in [-0.2, -0.15) is 0 Å². The first-order valence-electron chi connectivity index (χ1n) is 10.3. The highest BCUT2D eigenvalue weighted by Crippen LogP contribution is 2.44. The maximum atomic E-state index is 12.5. The van der Waals surface area contributed by atoms with Gasteiger partial charge in [0.25, 0.3) is 5.91 Å². The van der Waals surface area contributed by atoms with Crippen LogP contribution >= 0.6 is 11.6 Å². The first-order valence-corrected chi connectivity index (χ1v) is 10.7. The number of hydrogen-bond donors (Lipinski definition) is 3. The van der Waals surface area contributed by atoms with Crippen molar-refractivity contribution in [2.45, 2.75) is 18.9 Å². The molecule has 0 fully saturated rings. The van der Waals surface area contributed by atoms with Crippen LogP contribution in [0.25, 0.3) is 11.1 Å². The summed E-state index contributed by atoms with van der Waals surface area (Å²) in [6.45, 7) is 1.49. The summed E-state index contributed by atoms with van der Waals surface area (Å²) in [5, 5.41) is 14.1. The molecule has 0 aromatic heterocycles. The minimum atomic E-state index is -1.16. The molecule has 7 nitrogen and oxygen atoms in total. The lowest BCUT2D eigenvalue weighted by Crippen LogP contribution is -2.38. The lowest BCUT2D eigenvalue weighted by Gasteiger charge is -2.15. The Labute approximate surface area is 195 Å². The summed E-state index contributed by atoms with van der Waals surface area (Å²) in [4.78, 5) is 35.8. The highest BCUT2D eigenvalue weighted by Gasteiger charge is 2.29. The summed E-state index contributed by atoms with van der Waals surface area (Å²) in [5.74, 6) is -1.85. The van der Waals surface area contributed by atoms with Crippen molar-refractivity contribution in [3.8, 4) is 11.1 Å². The van der Waals surface area contributed by atoms with Gasteiger partial charge in [0.2, 0.25) is 0 Å². The number of carboxylic acid groups (broad SMARTS) is 1. The largest absolute Gasteiger partial charge is 0.480 e. The third kappa shape index (κ3) is 4.68. The Balaban J connectivity index is 1.45.